The molecule has 2 bridgehead atoms. The van der Waals surface area contributed by atoms with E-state index in [-0.39, 0.29) is 17.8 Å². The Morgan fingerprint density at radius 1 is 1.20 bits per heavy atom. The van der Waals surface area contributed by atoms with Crippen LogP contribution in [0.3, 0.4) is 0 Å². The van der Waals surface area contributed by atoms with Crippen molar-refractivity contribution >= 4 is 73.7 Å². The average Bonchev–Trinajstić information content (AvgIpc) is 3.60. The highest BCUT2D eigenvalue weighted by Crippen LogP contribution is 2.44. The molecule has 1 amide bonds. The van der Waals surface area contributed by atoms with E-state index in [2.05, 4.69) is 20.5 Å². The molecule has 4 aliphatic rings. The maximum absolute atomic E-state index is 13.2. The highest BCUT2D eigenvalue weighted by Gasteiger charge is 2.36. The van der Waals surface area contributed by atoms with Gasteiger partial charge < -0.3 is 19.9 Å². The molecular weight excluding hydrogens is 591 g/mol. The van der Waals surface area contributed by atoms with E-state index in [0.29, 0.717) is 71.2 Å². The smallest absolute Gasteiger partial charge is 0.309 e. The fourth-order valence-corrected chi connectivity index (χ4v) is 8.13. The van der Waals surface area contributed by atoms with E-state index in [4.69, 9.17) is 32.9 Å². The Balaban J connectivity index is 1.17. The lowest BCUT2D eigenvalue weighted by Crippen LogP contribution is -2.61. The molecule has 13 heteroatoms. The van der Waals surface area contributed by atoms with E-state index in [1.807, 2.05) is 23.3 Å². The van der Waals surface area contributed by atoms with Crippen molar-refractivity contribution in [1.29, 1.82) is 0 Å². The minimum absolute atomic E-state index is 0.102. The second-order valence-corrected chi connectivity index (χ2v) is 13.0. The van der Waals surface area contributed by atoms with Crippen molar-refractivity contribution in [2.24, 2.45) is 5.92 Å². The molecule has 2 unspecified atom stereocenters. The van der Waals surface area contributed by atoms with Gasteiger partial charge in [0, 0.05) is 49.8 Å². The van der Waals surface area contributed by atoms with Crippen molar-refractivity contribution < 1.29 is 14.3 Å². The number of aromatic nitrogens is 2. The molecule has 3 aromatic heterocycles. The topological polar surface area (TPSA) is 99.7 Å². The van der Waals surface area contributed by atoms with Crippen LogP contribution in [0.1, 0.15) is 43.0 Å². The van der Waals surface area contributed by atoms with Gasteiger partial charge in [0.05, 0.1) is 33.0 Å². The summed E-state index contributed by atoms with van der Waals surface area (Å²) in [6.07, 6.45) is 5.21. The summed E-state index contributed by atoms with van der Waals surface area (Å²) in [5, 5.41) is 11.1. The Bertz CT molecular complexity index is 1400. The van der Waals surface area contributed by atoms with Crippen molar-refractivity contribution in [3.63, 3.8) is 0 Å². The molecule has 212 valence electrons. The summed E-state index contributed by atoms with van der Waals surface area (Å²) in [5.74, 6) is 0.0468. The number of thiazole rings is 1. The van der Waals surface area contributed by atoms with Crippen LogP contribution in [-0.2, 0) is 9.53 Å². The van der Waals surface area contributed by atoms with Gasteiger partial charge in [-0.25, -0.2) is 9.97 Å². The molecule has 0 spiro atoms. The summed E-state index contributed by atoms with van der Waals surface area (Å²) in [4.78, 5) is 40.1. The zero-order valence-electron chi connectivity index (χ0n) is 22.0. The summed E-state index contributed by atoms with van der Waals surface area (Å²) in [5.41, 5.74) is 1.20. The zero-order valence-corrected chi connectivity index (χ0v) is 25.1. The van der Waals surface area contributed by atoms with Crippen molar-refractivity contribution in [2.45, 2.75) is 44.7 Å². The summed E-state index contributed by atoms with van der Waals surface area (Å²) in [6, 6.07) is 4.43. The first-order valence-electron chi connectivity index (χ1n) is 13.5. The molecule has 0 aliphatic carbocycles. The molecule has 0 saturated carbocycles. The average molecular weight is 622 g/mol. The van der Waals surface area contributed by atoms with E-state index < -0.39 is 0 Å². The third kappa shape index (κ3) is 5.67. The van der Waals surface area contributed by atoms with Gasteiger partial charge in [-0.05, 0) is 44.7 Å². The Labute approximate surface area is 250 Å². The van der Waals surface area contributed by atoms with Gasteiger partial charge in [0.15, 0.2) is 5.13 Å². The highest BCUT2D eigenvalue weighted by atomic mass is 35.5. The second kappa shape index (κ2) is 11.8. The van der Waals surface area contributed by atoms with Gasteiger partial charge in [0.25, 0.3) is 5.91 Å². The van der Waals surface area contributed by atoms with Crippen molar-refractivity contribution in [3.05, 3.63) is 39.3 Å². The fraction of sp³-hybridized carbons (Fsp3) is 0.481. The number of amides is 1. The number of hydrogen-bond acceptors (Lipinski definition) is 10. The number of piperazine rings is 1. The van der Waals surface area contributed by atoms with Crippen molar-refractivity contribution in [1.82, 2.24) is 15.3 Å². The number of nitrogens with zero attached hydrogens (tertiary/aromatic N) is 4. The van der Waals surface area contributed by atoms with Crippen LogP contribution in [0.15, 0.2) is 23.7 Å². The first-order valence-corrected chi connectivity index (χ1v) is 16.0. The van der Waals surface area contributed by atoms with Crippen LogP contribution in [0.2, 0.25) is 10.0 Å². The lowest BCUT2D eigenvalue weighted by molar-refractivity contribution is -0.148. The maximum Gasteiger partial charge on any atom is 0.309 e. The van der Waals surface area contributed by atoms with E-state index >= 15 is 0 Å². The Morgan fingerprint density at radius 3 is 2.65 bits per heavy atom. The number of fused-ring (bicyclic) bond motifs is 3. The maximum atomic E-state index is 13.2. The summed E-state index contributed by atoms with van der Waals surface area (Å²) >= 11 is 15.9. The molecule has 4 saturated heterocycles. The number of halogens is 2. The van der Waals surface area contributed by atoms with Gasteiger partial charge in [-0.2, -0.15) is 0 Å². The van der Waals surface area contributed by atoms with Crippen LogP contribution in [0.4, 0.5) is 16.0 Å². The third-order valence-electron chi connectivity index (χ3n) is 7.74. The molecule has 0 radical (unpaired) electrons. The van der Waals surface area contributed by atoms with Crippen LogP contribution >= 0.6 is 45.9 Å². The Morgan fingerprint density at radius 2 is 2.02 bits per heavy atom. The predicted octanol–water partition coefficient (Wildman–Crippen LogP) is 5.55. The van der Waals surface area contributed by atoms with Crippen LogP contribution in [-0.4, -0.2) is 66.7 Å². The zero-order chi connectivity index (χ0) is 27.8. The number of piperidine rings is 3. The van der Waals surface area contributed by atoms with Gasteiger partial charge in [-0.1, -0.05) is 34.5 Å². The van der Waals surface area contributed by atoms with Crippen LogP contribution in [0, 0.1) is 5.92 Å². The lowest BCUT2D eigenvalue weighted by Gasteiger charge is -2.46. The van der Waals surface area contributed by atoms with Crippen molar-refractivity contribution in [3.8, 4) is 10.6 Å². The predicted molar refractivity (Wildman–Crippen MR) is 161 cm³/mol. The first-order chi connectivity index (χ1) is 19.4. The number of carbonyl (C=O) groups is 2. The summed E-state index contributed by atoms with van der Waals surface area (Å²) in [6.45, 7) is 5.37. The molecule has 9 nitrogen and oxygen atoms in total. The van der Waals surface area contributed by atoms with Crippen LogP contribution in [0.5, 0.6) is 0 Å². The molecule has 40 heavy (non-hydrogen) atoms. The number of rotatable bonds is 7. The van der Waals surface area contributed by atoms with E-state index in [1.54, 1.807) is 17.4 Å². The standard InChI is InChI=1S/C27H30Cl2N6O3S2/c1-2-38-26(37)15-5-7-34(8-6-15)23-20(29)9-16(11-31-23)24(36)33-27-32-22(21-10-17(28)14-39-21)25(40-27)35-13-18-3-4-19(35)12-30-18/h9-11,14-15,18-19,30H,2-8,12-13H2,1H3,(H,32,33,36). The quantitative estimate of drug-likeness (QED) is 0.332. The van der Waals surface area contributed by atoms with Crippen molar-refractivity contribution in [2.75, 3.05) is 47.9 Å². The number of esters is 1. The van der Waals surface area contributed by atoms with Gasteiger partial charge in [0.2, 0.25) is 0 Å². The number of pyridine rings is 1. The molecule has 4 fully saturated rings. The summed E-state index contributed by atoms with van der Waals surface area (Å²) < 4.78 is 5.16. The molecule has 0 aromatic carbocycles. The minimum atomic E-state index is -0.320. The SMILES string of the molecule is CCOC(=O)C1CCN(c2ncc(C(=O)Nc3nc(-c4cc(Cl)cs4)c(N4CC5CCC4CN5)s3)cc2Cl)CC1. The van der Waals surface area contributed by atoms with Gasteiger partial charge in [0.1, 0.15) is 16.5 Å². The van der Waals surface area contributed by atoms with Crippen LogP contribution in [0.25, 0.3) is 10.6 Å². The van der Waals surface area contributed by atoms with Gasteiger partial charge in [-0.3, -0.25) is 14.9 Å². The van der Waals surface area contributed by atoms with Crippen LogP contribution < -0.4 is 20.4 Å². The number of carbonyl (C=O) groups excluding carboxylic acids is 2. The Hall–Kier alpha value is -2.44. The number of nitrogens with one attached hydrogen (secondary N) is 2. The monoisotopic (exact) mass is 620 g/mol. The molecular formula is C27H30Cl2N6O3S2. The summed E-state index contributed by atoms with van der Waals surface area (Å²) in [7, 11) is 0. The number of ether oxygens (including phenoxy) is 1. The molecule has 7 heterocycles. The normalized spacial score (nSPS) is 21.1. The molecule has 3 aromatic rings. The Kier molecular flexibility index (Phi) is 8.18. The largest absolute Gasteiger partial charge is 0.466 e. The van der Waals surface area contributed by atoms with Gasteiger partial charge in [-0.15, -0.1) is 11.3 Å². The third-order valence-corrected chi connectivity index (χ3v) is 10.3. The minimum Gasteiger partial charge on any atom is -0.466 e. The van der Waals surface area contributed by atoms with Gasteiger partial charge >= 0.3 is 5.97 Å². The van der Waals surface area contributed by atoms with E-state index in [0.717, 1.165) is 35.1 Å². The second-order valence-electron chi connectivity index (χ2n) is 10.3. The molecule has 7 rings (SSSR count). The number of anilines is 3. The number of hydrogen-bond donors (Lipinski definition) is 2. The molecule has 4 aliphatic heterocycles. The molecule has 2 atom stereocenters. The number of thiophene rings is 1. The highest BCUT2D eigenvalue weighted by molar-refractivity contribution is 7.21. The lowest BCUT2D eigenvalue weighted by atomic mass is 9.93. The molecule has 2 N–H and O–H groups in total. The van der Waals surface area contributed by atoms with E-state index in [1.165, 1.54) is 24.0 Å². The van der Waals surface area contributed by atoms with E-state index in [9.17, 15) is 9.59 Å². The fourth-order valence-electron chi connectivity index (χ4n) is 5.66. The first kappa shape index (κ1) is 27.7.